The number of nitrogens with zero attached hydrogens (tertiary/aromatic N) is 1. The molecule has 2 N–H and O–H groups in total. The summed E-state index contributed by atoms with van der Waals surface area (Å²) in [5.74, 6) is -0.697. The fraction of sp³-hybridized carbons (Fsp3) is 0.154. The van der Waals surface area contributed by atoms with Gasteiger partial charge in [-0.3, -0.25) is 13.9 Å². The van der Waals surface area contributed by atoms with E-state index in [1.807, 2.05) is 25.1 Å². The monoisotopic (exact) mass is 477 g/mol. The molecule has 0 aliphatic rings. The standard InChI is InChI=1S/C26H27N3O4S/c1-4-16-27-26(31)23-10-5-6-11-24(23)28-25(30)21-14-12-20(13-15-21)18-29(34(3,32)33)22-9-7-8-19(2)17-22/h4-15,17H,1,16,18H2,2-3H3,(H,27,31)(H,28,30). The summed E-state index contributed by atoms with van der Waals surface area (Å²) in [4.78, 5) is 25.1. The topological polar surface area (TPSA) is 95.6 Å². The third kappa shape index (κ3) is 6.32. The highest BCUT2D eigenvalue weighted by Crippen LogP contribution is 2.22. The summed E-state index contributed by atoms with van der Waals surface area (Å²) in [6.07, 6.45) is 2.74. The second-order valence-corrected chi connectivity index (χ2v) is 9.71. The molecule has 0 unspecified atom stereocenters. The summed E-state index contributed by atoms with van der Waals surface area (Å²) in [7, 11) is -3.51. The molecule has 176 valence electrons. The van der Waals surface area contributed by atoms with E-state index in [-0.39, 0.29) is 18.4 Å². The van der Waals surface area contributed by atoms with Crippen molar-refractivity contribution in [2.75, 3.05) is 22.4 Å². The largest absolute Gasteiger partial charge is 0.349 e. The molecule has 0 aromatic heterocycles. The van der Waals surface area contributed by atoms with E-state index in [0.29, 0.717) is 29.0 Å². The van der Waals surface area contributed by atoms with Gasteiger partial charge in [-0.25, -0.2) is 8.42 Å². The Morgan fingerprint density at radius 2 is 1.68 bits per heavy atom. The number of nitrogens with one attached hydrogen (secondary N) is 2. The summed E-state index contributed by atoms with van der Waals surface area (Å²) in [6, 6.07) is 20.7. The molecule has 0 spiro atoms. The van der Waals surface area contributed by atoms with Crippen LogP contribution in [0.15, 0.2) is 85.5 Å². The lowest BCUT2D eigenvalue weighted by atomic mass is 10.1. The highest BCUT2D eigenvalue weighted by Gasteiger charge is 2.19. The third-order valence-corrected chi connectivity index (χ3v) is 6.20. The van der Waals surface area contributed by atoms with E-state index in [4.69, 9.17) is 0 Å². The van der Waals surface area contributed by atoms with Crippen molar-refractivity contribution in [1.82, 2.24) is 5.32 Å². The predicted octanol–water partition coefficient (Wildman–Crippen LogP) is 4.13. The summed E-state index contributed by atoms with van der Waals surface area (Å²) in [6.45, 7) is 5.93. The van der Waals surface area contributed by atoms with Crippen molar-refractivity contribution in [2.45, 2.75) is 13.5 Å². The second kappa shape index (κ2) is 10.8. The van der Waals surface area contributed by atoms with Gasteiger partial charge in [0.2, 0.25) is 10.0 Å². The molecule has 0 heterocycles. The van der Waals surface area contributed by atoms with Crippen LogP contribution in [0.4, 0.5) is 11.4 Å². The first-order valence-corrected chi connectivity index (χ1v) is 12.5. The minimum atomic E-state index is -3.51. The van der Waals surface area contributed by atoms with Crippen molar-refractivity contribution in [1.29, 1.82) is 0 Å². The van der Waals surface area contributed by atoms with Crippen LogP contribution in [0.25, 0.3) is 0 Å². The Balaban J connectivity index is 1.76. The Bertz CT molecular complexity index is 1300. The number of rotatable bonds is 9. The van der Waals surface area contributed by atoms with Crippen molar-refractivity contribution in [3.05, 3.63) is 108 Å². The molecule has 0 aliphatic carbocycles. The fourth-order valence-electron chi connectivity index (χ4n) is 3.36. The van der Waals surface area contributed by atoms with Gasteiger partial charge in [-0.05, 0) is 54.4 Å². The quantitative estimate of drug-likeness (QED) is 0.453. The van der Waals surface area contributed by atoms with E-state index in [1.54, 1.807) is 60.7 Å². The number of amides is 2. The van der Waals surface area contributed by atoms with Gasteiger partial charge in [0.15, 0.2) is 0 Å². The summed E-state index contributed by atoms with van der Waals surface area (Å²) >= 11 is 0. The zero-order valence-corrected chi connectivity index (χ0v) is 19.9. The van der Waals surface area contributed by atoms with Crippen LogP contribution >= 0.6 is 0 Å². The number of carbonyl (C=O) groups excluding carboxylic acids is 2. The number of carbonyl (C=O) groups is 2. The maximum atomic E-state index is 12.8. The molecule has 34 heavy (non-hydrogen) atoms. The molecule has 8 heteroatoms. The van der Waals surface area contributed by atoms with E-state index >= 15 is 0 Å². The molecule has 0 atom stereocenters. The molecule has 0 fully saturated rings. The Morgan fingerprint density at radius 3 is 2.32 bits per heavy atom. The average molecular weight is 478 g/mol. The Kier molecular flexibility index (Phi) is 7.86. The Hall–Kier alpha value is -3.91. The van der Waals surface area contributed by atoms with Crippen molar-refractivity contribution in [3.8, 4) is 0 Å². The fourth-order valence-corrected chi connectivity index (χ4v) is 4.24. The molecule has 0 bridgehead atoms. The van der Waals surface area contributed by atoms with Crippen LogP contribution in [0.3, 0.4) is 0 Å². The lowest BCUT2D eigenvalue weighted by molar-refractivity contribution is 0.0959. The van der Waals surface area contributed by atoms with Gasteiger partial charge in [-0.2, -0.15) is 0 Å². The van der Waals surface area contributed by atoms with E-state index < -0.39 is 10.0 Å². The molecular weight excluding hydrogens is 450 g/mol. The average Bonchev–Trinajstić information content (AvgIpc) is 2.81. The Morgan fingerprint density at radius 1 is 0.971 bits per heavy atom. The van der Waals surface area contributed by atoms with Crippen LogP contribution in [0, 0.1) is 6.92 Å². The lowest BCUT2D eigenvalue weighted by Gasteiger charge is -2.23. The summed E-state index contributed by atoms with van der Waals surface area (Å²) in [5, 5.41) is 5.46. The van der Waals surface area contributed by atoms with Crippen LogP contribution in [0.1, 0.15) is 31.8 Å². The van der Waals surface area contributed by atoms with E-state index in [9.17, 15) is 18.0 Å². The van der Waals surface area contributed by atoms with Crippen LogP contribution in [0.5, 0.6) is 0 Å². The smallest absolute Gasteiger partial charge is 0.255 e. The number of sulfonamides is 1. The van der Waals surface area contributed by atoms with Crippen molar-refractivity contribution < 1.29 is 18.0 Å². The van der Waals surface area contributed by atoms with Crippen LogP contribution < -0.4 is 14.9 Å². The first kappa shape index (κ1) is 24.7. The zero-order valence-electron chi connectivity index (χ0n) is 19.1. The lowest BCUT2D eigenvalue weighted by Crippen LogP contribution is -2.29. The highest BCUT2D eigenvalue weighted by molar-refractivity contribution is 7.92. The molecule has 0 saturated carbocycles. The molecular formula is C26H27N3O4S. The Labute approximate surface area is 200 Å². The molecule has 7 nitrogen and oxygen atoms in total. The number of para-hydroxylation sites is 1. The van der Waals surface area contributed by atoms with Gasteiger partial charge < -0.3 is 10.6 Å². The molecule has 3 aromatic carbocycles. The maximum absolute atomic E-state index is 12.8. The van der Waals surface area contributed by atoms with Crippen LogP contribution in [-0.2, 0) is 16.6 Å². The number of benzene rings is 3. The minimum Gasteiger partial charge on any atom is -0.349 e. The van der Waals surface area contributed by atoms with Crippen molar-refractivity contribution in [3.63, 3.8) is 0 Å². The number of anilines is 2. The minimum absolute atomic E-state index is 0.135. The number of hydrogen-bond acceptors (Lipinski definition) is 4. The number of hydrogen-bond donors (Lipinski definition) is 2. The van der Waals surface area contributed by atoms with E-state index in [2.05, 4.69) is 17.2 Å². The van der Waals surface area contributed by atoms with E-state index in [1.165, 1.54) is 10.6 Å². The molecule has 3 rings (SSSR count). The summed E-state index contributed by atoms with van der Waals surface area (Å²) in [5.41, 5.74) is 3.38. The second-order valence-electron chi connectivity index (χ2n) is 7.80. The van der Waals surface area contributed by atoms with Gasteiger partial charge in [0, 0.05) is 12.1 Å². The summed E-state index contributed by atoms with van der Waals surface area (Å²) < 4.78 is 26.1. The molecule has 0 saturated heterocycles. The van der Waals surface area contributed by atoms with Crippen LogP contribution in [-0.4, -0.2) is 33.0 Å². The number of aryl methyl sites for hydroxylation is 1. The first-order valence-electron chi connectivity index (χ1n) is 10.6. The van der Waals surface area contributed by atoms with Gasteiger partial charge in [-0.1, -0.05) is 42.5 Å². The van der Waals surface area contributed by atoms with Gasteiger partial charge in [0.25, 0.3) is 11.8 Å². The van der Waals surface area contributed by atoms with Gasteiger partial charge in [0.05, 0.1) is 29.7 Å². The predicted molar refractivity (Wildman–Crippen MR) is 136 cm³/mol. The SMILES string of the molecule is C=CCNC(=O)c1ccccc1NC(=O)c1ccc(CN(c2cccc(C)c2)S(C)(=O)=O)cc1. The van der Waals surface area contributed by atoms with Crippen molar-refractivity contribution in [2.24, 2.45) is 0 Å². The third-order valence-electron chi connectivity index (χ3n) is 5.06. The molecule has 2 amide bonds. The molecule has 0 aliphatic heterocycles. The van der Waals surface area contributed by atoms with Crippen LogP contribution in [0.2, 0.25) is 0 Å². The first-order chi connectivity index (χ1) is 16.2. The molecule has 3 aromatic rings. The molecule has 0 radical (unpaired) electrons. The van der Waals surface area contributed by atoms with E-state index in [0.717, 1.165) is 11.1 Å². The van der Waals surface area contributed by atoms with Gasteiger partial charge >= 0.3 is 0 Å². The normalized spacial score (nSPS) is 10.9. The van der Waals surface area contributed by atoms with Gasteiger partial charge in [-0.15, -0.1) is 6.58 Å². The maximum Gasteiger partial charge on any atom is 0.255 e. The van der Waals surface area contributed by atoms with Gasteiger partial charge in [0.1, 0.15) is 0 Å². The zero-order chi connectivity index (χ0) is 24.7. The van der Waals surface area contributed by atoms with Crippen molar-refractivity contribution >= 4 is 33.2 Å². The highest BCUT2D eigenvalue weighted by atomic mass is 32.2.